The van der Waals surface area contributed by atoms with E-state index in [1.807, 2.05) is 22.7 Å². The molecular formula is C14H15N2O+. The van der Waals surface area contributed by atoms with E-state index in [1.54, 1.807) is 0 Å². The molecule has 2 aromatic heterocycles. The van der Waals surface area contributed by atoms with E-state index >= 15 is 0 Å². The fourth-order valence-electron chi connectivity index (χ4n) is 2.26. The van der Waals surface area contributed by atoms with Crippen LogP contribution in [-0.4, -0.2) is 0 Å². The van der Waals surface area contributed by atoms with Crippen LogP contribution in [0.2, 0.25) is 0 Å². The van der Waals surface area contributed by atoms with Crippen molar-refractivity contribution in [1.29, 1.82) is 0 Å². The Hall–Kier alpha value is -2.03. The number of benzene rings is 1. The zero-order chi connectivity index (χ0) is 12.0. The lowest BCUT2D eigenvalue weighted by Crippen LogP contribution is -2.24. The molecule has 0 aliphatic rings. The average Bonchev–Trinajstić information content (AvgIpc) is 2.67. The van der Waals surface area contributed by atoms with Crippen molar-refractivity contribution in [1.82, 2.24) is 0 Å². The lowest BCUT2D eigenvalue weighted by molar-refractivity contribution is -0.529. The molecule has 2 N–H and O–H groups in total. The largest absolute Gasteiger partial charge is 0.384 e. The lowest BCUT2D eigenvalue weighted by atomic mass is 10.1. The summed E-state index contributed by atoms with van der Waals surface area (Å²) in [5.41, 5.74) is 6.96. The van der Waals surface area contributed by atoms with Gasteiger partial charge in [0, 0.05) is 6.07 Å². The van der Waals surface area contributed by atoms with Crippen molar-refractivity contribution in [2.75, 3.05) is 5.73 Å². The van der Waals surface area contributed by atoms with Crippen LogP contribution in [0.4, 0.5) is 5.88 Å². The van der Waals surface area contributed by atoms with Gasteiger partial charge in [-0.05, 0) is 25.3 Å². The third-order valence-corrected chi connectivity index (χ3v) is 3.04. The molecule has 0 radical (unpaired) electrons. The van der Waals surface area contributed by atoms with Gasteiger partial charge in [0.15, 0.2) is 6.20 Å². The van der Waals surface area contributed by atoms with Crippen LogP contribution in [0.5, 0.6) is 0 Å². The molecule has 3 aromatic rings. The van der Waals surface area contributed by atoms with Crippen LogP contribution in [0.3, 0.4) is 0 Å². The van der Waals surface area contributed by atoms with Crippen molar-refractivity contribution >= 4 is 22.2 Å². The Morgan fingerprint density at radius 2 is 1.94 bits per heavy atom. The summed E-state index contributed by atoms with van der Waals surface area (Å²) in [6, 6.07) is 10.3. The zero-order valence-corrected chi connectivity index (χ0v) is 9.97. The van der Waals surface area contributed by atoms with Crippen LogP contribution in [0.15, 0.2) is 40.9 Å². The van der Waals surface area contributed by atoms with Gasteiger partial charge in [-0.15, -0.1) is 4.40 Å². The first-order valence-electron chi connectivity index (χ1n) is 5.80. The topological polar surface area (TPSA) is 43.3 Å². The number of oxazole rings is 1. The van der Waals surface area contributed by atoms with Gasteiger partial charge in [0.1, 0.15) is 0 Å². The Labute approximate surface area is 99.5 Å². The maximum atomic E-state index is 5.99. The number of nitrogen functional groups attached to an aromatic ring is 1. The third kappa shape index (κ3) is 1.39. The predicted octanol–water partition coefficient (Wildman–Crippen LogP) is 2.88. The van der Waals surface area contributed by atoms with E-state index in [0.29, 0.717) is 11.8 Å². The first-order valence-corrected chi connectivity index (χ1v) is 5.80. The maximum absolute atomic E-state index is 5.99. The number of hydrogen-bond donors (Lipinski definition) is 1. The maximum Gasteiger partial charge on any atom is 0.357 e. The molecule has 0 bridgehead atoms. The van der Waals surface area contributed by atoms with Crippen LogP contribution in [0, 0.1) is 0 Å². The van der Waals surface area contributed by atoms with Gasteiger partial charge < -0.3 is 10.2 Å². The van der Waals surface area contributed by atoms with Gasteiger partial charge in [0.25, 0.3) is 11.4 Å². The summed E-state index contributed by atoms with van der Waals surface area (Å²) in [4.78, 5) is 0. The van der Waals surface area contributed by atoms with Gasteiger partial charge in [-0.1, -0.05) is 18.2 Å². The van der Waals surface area contributed by atoms with E-state index in [2.05, 4.69) is 32.0 Å². The molecule has 0 aliphatic heterocycles. The second-order valence-electron chi connectivity index (χ2n) is 4.58. The second kappa shape index (κ2) is 3.48. The minimum Gasteiger partial charge on any atom is -0.384 e. The summed E-state index contributed by atoms with van der Waals surface area (Å²) >= 11 is 0. The normalized spacial score (nSPS) is 11.7. The highest BCUT2D eigenvalue weighted by Crippen LogP contribution is 2.25. The van der Waals surface area contributed by atoms with Crippen molar-refractivity contribution in [3.05, 3.63) is 42.4 Å². The van der Waals surface area contributed by atoms with Gasteiger partial charge in [0.2, 0.25) is 0 Å². The Bertz CT molecular complexity index is 698. The monoisotopic (exact) mass is 227 g/mol. The predicted molar refractivity (Wildman–Crippen MR) is 67.9 cm³/mol. The molecular weight excluding hydrogens is 212 g/mol. The number of aromatic nitrogens is 1. The van der Waals surface area contributed by atoms with E-state index in [0.717, 1.165) is 16.8 Å². The number of nitrogens with two attached hydrogens (primary N) is 1. The number of nitrogens with zero attached hydrogens (tertiary/aromatic N) is 1. The SMILES string of the molecule is CC(C)c1oc(N)c2c3ccccc3cc[n+]12. The summed E-state index contributed by atoms with van der Waals surface area (Å²) in [5.74, 6) is 1.69. The molecule has 3 rings (SSSR count). The third-order valence-electron chi connectivity index (χ3n) is 3.04. The smallest absolute Gasteiger partial charge is 0.357 e. The molecule has 2 heterocycles. The number of hydrogen-bond acceptors (Lipinski definition) is 2. The molecule has 0 atom stereocenters. The van der Waals surface area contributed by atoms with Crippen molar-refractivity contribution in [2.24, 2.45) is 0 Å². The van der Waals surface area contributed by atoms with Crippen molar-refractivity contribution in [3.63, 3.8) is 0 Å². The van der Waals surface area contributed by atoms with Crippen LogP contribution in [-0.2, 0) is 0 Å². The zero-order valence-electron chi connectivity index (χ0n) is 9.97. The Morgan fingerprint density at radius 3 is 2.71 bits per heavy atom. The van der Waals surface area contributed by atoms with Gasteiger partial charge in [-0.3, -0.25) is 0 Å². The molecule has 17 heavy (non-hydrogen) atoms. The number of pyridine rings is 1. The summed E-state index contributed by atoms with van der Waals surface area (Å²) in [5, 5.41) is 2.30. The Kier molecular flexibility index (Phi) is 2.08. The molecule has 86 valence electrons. The van der Waals surface area contributed by atoms with Gasteiger partial charge in [0.05, 0.1) is 11.3 Å². The van der Waals surface area contributed by atoms with Crippen molar-refractivity contribution < 1.29 is 8.82 Å². The highest BCUT2D eigenvalue weighted by atomic mass is 16.4. The Morgan fingerprint density at radius 1 is 1.18 bits per heavy atom. The molecule has 0 aliphatic carbocycles. The minimum absolute atomic E-state index is 0.306. The number of rotatable bonds is 1. The molecule has 3 nitrogen and oxygen atoms in total. The van der Waals surface area contributed by atoms with Crippen LogP contribution in [0.1, 0.15) is 25.7 Å². The highest BCUT2D eigenvalue weighted by Gasteiger charge is 2.24. The highest BCUT2D eigenvalue weighted by molar-refractivity contribution is 5.97. The summed E-state index contributed by atoms with van der Waals surface area (Å²) in [7, 11) is 0. The van der Waals surface area contributed by atoms with E-state index in [9.17, 15) is 0 Å². The first kappa shape index (κ1) is 10.1. The first-order chi connectivity index (χ1) is 8.18. The molecule has 0 saturated carbocycles. The standard InChI is InChI=1S/C14H15N2O/c1-9(2)14-16-8-7-10-5-3-4-6-11(10)12(16)13(15)17-14/h3-9H,15H2,1-2H3/q+1. The van der Waals surface area contributed by atoms with Crippen LogP contribution in [0.25, 0.3) is 16.3 Å². The molecule has 0 spiro atoms. The minimum atomic E-state index is 0.306. The quantitative estimate of drug-likeness (QED) is 0.649. The lowest BCUT2D eigenvalue weighted by Gasteiger charge is -1.95. The molecule has 1 aromatic carbocycles. The van der Waals surface area contributed by atoms with Crippen LogP contribution < -0.4 is 10.1 Å². The molecule has 0 unspecified atom stereocenters. The van der Waals surface area contributed by atoms with Crippen molar-refractivity contribution in [2.45, 2.75) is 19.8 Å². The fraction of sp³-hybridized carbons (Fsp3) is 0.214. The van der Waals surface area contributed by atoms with Gasteiger partial charge >= 0.3 is 5.89 Å². The van der Waals surface area contributed by atoms with Crippen molar-refractivity contribution in [3.8, 4) is 0 Å². The molecule has 0 amide bonds. The number of fused-ring (bicyclic) bond motifs is 3. The van der Waals surface area contributed by atoms with E-state index in [4.69, 9.17) is 10.2 Å². The molecule has 3 heteroatoms. The van der Waals surface area contributed by atoms with Crippen LogP contribution >= 0.6 is 0 Å². The van der Waals surface area contributed by atoms with E-state index < -0.39 is 0 Å². The second-order valence-corrected chi connectivity index (χ2v) is 4.58. The van der Waals surface area contributed by atoms with E-state index in [-0.39, 0.29) is 0 Å². The number of anilines is 1. The fourth-order valence-corrected chi connectivity index (χ4v) is 2.26. The molecule has 0 fully saturated rings. The van der Waals surface area contributed by atoms with Gasteiger partial charge in [-0.2, -0.15) is 0 Å². The summed E-state index contributed by atoms with van der Waals surface area (Å²) < 4.78 is 7.72. The summed E-state index contributed by atoms with van der Waals surface area (Å²) in [6.07, 6.45) is 2.02. The Balaban J connectivity index is 2.51. The summed E-state index contributed by atoms with van der Waals surface area (Å²) in [6.45, 7) is 4.19. The average molecular weight is 227 g/mol. The molecule has 0 saturated heterocycles. The van der Waals surface area contributed by atoms with Gasteiger partial charge in [-0.25, -0.2) is 0 Å². The van der Waals surface area contributed by atoms with E-state index in [1.165, 1.54) is 5.39 Å².